The molecule has 1 N–H and O–H groups in total. The lowest BCUT2D eigenvalue weighted by Crippen LogP contribution is -2.58. The van der Waals surface area contributed by atoms with Gasteiger partial charge < -0.3 is 5.21 Å². The van der Waals surface area contributed by atoms with Crippen molar-refractivity contribution in [2.45, 2.75) is 149 Å². The molecule has 0 spiro atoms. The molecular weight excluding hydrogens is 348 g/mol. The van der Waals surface area contributed by atoms with Gasteiger partial charge in [0, 0.05) is 22.2 Å². The van der Waals surface area contributed by atoms with E-state index in [4.69, 9.17) is 4.84 Å². The first-order valence-corrected chi connectivity index (χ1v) is 11.7. The molecular formula is C24H50N2O2. The summed E-state index contributed by atoms with van der Waals surface area (Å²) in [4.78, 5) is 6.09. The summed E-state index contributed by atoms with van der Waals surface area (Å²) >= 11 is 0. The number of piperidine rings is 2. The van der Waals surface area contributed by atoms with E-state index in [1.165, 1.54) is 56.4 Å². The fourth-order valence-corrected chi connectivity index (χ4v) is 4.99. The second-order valence-electron chi connectivity index (χ2n) is 11.5. The number of rotatable bonds is 6. The Hall–Kier alpha value is -0.160. The van der Waals surface area contributed by atoms with Crippen LogP contribution in [0.5, 0.6) is 0 Å². The Bertz CT molecular complexity index is 426. The molecule has 2 aliphatic rings. The van der Waals surface area contributed by atoms with Gasteiger partial charge in [0.1, 0.15) is 0 Å². The lowest BCUT2D eigenvalue weighted by atomic mass is 9.82. The van der Waals surface area contributed by atoms with Crippen molar-refractivity contribution in [3.8, 4) is 0 Å². The van der Waals surface area contributed by atoms with Gasteiger partial charge in [-0.05, 0) is 100 Å². The molecule has 168 valence electrons. The van der Waals surface area contributed by atoms with Gasteiger partial charge in [0.25, 0.3) is 0 Å². The summed E-state index contributed by atoms with van der Waals surface area (Å²) in [6.45, 7) is 20.7. The standard InChI is InChI=1S/C15H31NO.C9H19NO/c1-6-7-8-9-13-17-16-14(2,3)11-10-12-15(16,4)5;1-8(2)6-5-7-9(3,4)10(8)11/h6-13H2,1-5H3;11H,5-7H2,1-4H3. The van der Waals surface area contributed by atoms with Gasteiger partial charge in [0.05, 0.1) is 6.61 Å². The highest BCUT2D eigenvalue weighted by Gasteiger charge is 2.42. The van der Waals surface area contributed by atoms with Gasteiger partial charge in [-0.1, -0.05) is 26.2 Å². The molecule has 4 heteroatoms. The molecule has 0 aromatic carbocycles. The van der Waals surface area contributed by atoms with Crippen LogP contribution in [0.1, 0.15) is 127 Å². The number of unbranched alkanes of at least 4 members (excludes halogenated alkanes) is 3. The highest BCUT2D eigenvalue weighted by molar-refractivity contribution is 4.93. The highest BCUT2D eigenvalue weighted by Crippen LogP contribution is 2.38. The molecule has 2 rings (SSSR count). The third-order valence-corrected chi connectivity index (χ3v) is 6.62. The Balaban J connectivity index is 0.000000307. The van der Waals surface area contributed by atoms with E-state index in [9.17, 15) is 5.21 Å². The van der Waals surface area contributed by atoms with Crippen LogP contribution in [0.3, 0.4) is 0 Å². The van der Waals surface area contributed by atoms with Crippen LogP contribution in [0.2, 0.25) is 0 Å². The zero-order chi connectivity index (χ0) is 21.6. The largest absolute Gasteiger partial charge is 0.313 e. The molecule has 0 atom stereocenters. The van der Waals surface area contributed by atoms with Crippen LogP contribution in [0, 0.1) is 0 Å². The highest BCUT2D eigenvalue weighted by atomic mass is 16.7. The molecule has 0 amide bonds. The Labute approximate surface area is 175 Å². The molecule has 0 aliphatic carbocycles. The Morgan fingerprint density at radius 2 is 1.11 bits per heavy atom. The van der Waals surface area contributed by atoms with Crippen molar-refractivity contribution < 1.29 is 10.0 Å². The monoisotopic (exact) mass is 398 g/mol. The van der Waals surface area contributed by atoms with E-state index in [2.05, 4.69) is 67.4 Å². The van der Waals surface area contributed by atoms with Crippen molar-refractivity contribution in [1.82, 2.24) is 10.1 Å². The number of nitrogens with zero attached hydrogens (tertiary/aromatic N) is 2. The SMILES string of the molecule is CC1(C)CCCC(C)(C)N1O.CCCCCCON1C(C)(C)CCCC1(C)C. The lowest BCUT2D eigenvalue weighted by Gasteiger charge is -2.51. The predicted molar refractivity (Wildman–Crippen MR) is 120 cm³/mol. The summed E-state index contributed by atoms with van der Waals surface area (Å²) in [5.74, 6) is 0. The van der Waals surface area contributed by atoms with E-state index < -0.39 is 0 Å². The van der Waals surface area contributed by atoms with Crippen LogP contribution in [-0.2, 0) is 4.84 Å². The molecule has 0 radical (unpaired) electrons. The molecule has 2 fully saturated rings. The Morgan fingerprint density at radius 1 is 0.679 bits per heavy atom. The van der Waals surface area contributed by atoms with Crippen LogP contribution in [0.25, 0.3) is 0 Å². The number of hydrogen-bond acceptors (Lipinski definition) is 4. The second kappa shape index (κ2) is 10.2. The third-order valence-electron chi connectivity index (χ3n) is 6.62. The van der Waals surface area contributed by atoms with Crippen LogP contribution >= 0.6 is 0 Å². The zero-order valence-electron chi connectivity index (χ0n) is 20.5. The fraction of sp³-hybridized carbons (Fsp3) is 1.00. The first kappa shape index (κ1) is 25.9. The maximum atomic E-state index is 9.80. The molecule has 4 nitrogen and oxygen atoms in total. The van der Waals surface area contributed by atoms with Gasteiger partial charge in [-0.25, -0.2) is 0 Å². The molecule has 0 bridgehead atoms. The quantitative estimate of drug-likeness (QED) is 0.491. The van der Waals surface area contributed by atoms with Crippen molar-refractivity contribution >= 4 is 0 Å². The molecule has 2 saturated heterocycles. The first-order chi connectivity index (χ1) is 12.8. The van der Waals surface area contributed by atoms with E-state index in [1.54, 1.807) is 0 Å². The van der Waals surface area contributed by atoms with E-state index >= 15 is 0 Å². The third kappa shape index (κ3) is 7.27. The van der Waals surface area contributed by atoms with Crippen molar-refractivity contribution in [3.63, 3.8) is 0 Å². The van der Waals surface area contributed by atoms with Gasteiger partial charge in [0.15, 0.2) is 0 Å². The van der Waals surface area contributed by atoms with Crippen molar-refractivity contribution in [3.05, 3.63) is 0 Å². The summed E-state index contributed by atoms with van der Waals surface area (Å²) < 4.78 is 0. The van der Waals surface area contributed by atoms with E-state index in [-0.39, 0.29) is 22.2 Å². The normalized spacial score (nSPS) is 26.4. The topological polar surface area (TPSA) is 35.9 Å². The molecule has 0 aromatic rings. The maximum absolute atomic E-state index is 9.80. The number of hydroxylamine groups is 4. The Kier molecular flexibility index (Phi) is 9.46. The van der Waals surface area contributed by atoms with Gasteiger partial charge >= 0.3 is 0 Å². The average Bonchev–Trinajstić information content (AvgIpc) is 2.54. The van der Waals surface area contributed by atoms with Crippen LogP contribution < -0.4 is 0 Å². The summed E-state index contributed by atoms with van der Waals surface area (Å²) in [5.41, 5.74) is 0.294. The zero-order valence-corrected chi connectivity index (χ0v) is 20.5. The summed E-state index contributed by atoms with van der Waals surface area (Å²) in [6, 6.07) is 0. The minimum Gasteiger partial charge on any atom is -0.313 e. The molecule has 0 unspecified atom stereocenters. The van der Waals surface area contributed by atoms with E-state index in [0.717, 1.165) is 19.4 Å². The minimum atomic E-state index is -0.0399. The van der Waals surface area contributed by atoms with Gasteiger partial charge in [-0.15, -0.1) is 0 Å². The van der Waals surface area contributed by atoms with E-state index in [1.807, 2.05) is 0 Å². The average molecular weight is 399 g/mol. The first-order valence-electron chi connectivity index (χ1n) is 11.7. The van der Waals surface area contributed by atoms with Gasteiger partial charge in [0.2, 0.25) is 0 Å². The second-order valence-corrected chi connectivity index (χ2v) is 11.5. The minimum absolute atomic E-state index is 0.0399. The van der Waals surface area contributed by atoms with E-state index in [0.29, 0.717) is 0 Å². The van der Waals surface area contributed by atoms with Gasteiger partial charge in [-0.2, -0.15) is 10.1 Å². The van der Waals surface area contributed by atoms with Crippen LogP contribution in [-0.4, -0.2) is 44.1 Å². The van der Waals surface area contributed by atoms with Crippen molar-refractivity contribution in [2.24, 2.45) is 0 Å². The smallest absolute Gasteiger partial charge is 0.0685 e. The fourth-order valence-electron chi connectivity index (χ4n) is 4.99. The van der Waals surface area contributed by atoms with Crippen LogP contribution in [0.4, 0.5) is 0 Å². The lowest BCUT2D eigenvalue weighted by molar-refractivity contribution is -0.281. The van der Waals surface area contributed by atoms with Crippen molar-refractivity contribution in [1.29, 1.82) is 0 Å². The Morgan fingerprint density at radius 3 is 1.50 bits per heavy atom. The molecule has 2 heterocycles. The van der Waals surface area contributed by atoms with Crippen molar-refractivity contribution in [2.75, 3.05) is 6.61 Å². The maximum Gasteiger partial charge on any atom is 0.0685 e. The molecule has 2 aliphatic heterocycles. The predicted octanol–water partition coefficient (Wildman–Crippen LogP) is 6.96. The van der Waals surface area contributed by atoms with Crippen LogP contribution in [0.15, 0.2) is 0 Å². The summed E-state index contributed by atoms with van der Waals surface area (Å²) in [6.07, 6.45) is 12.3. The molecule has 0 aromatic heterocycles. The number of hydrogen-bond donors (Lipinski definition) is 1. The van der Waals surface area contributed by atoms with Gasteiger partial charge in [-0.3, -0.25) is 4.84 Å². The molecule has 0 saturated carbocycles. The summed E-state index contributed by atoms with van der Waals surface area (Å²) in [7, 11) is 0. The summed E-state index contributed by atoms with van der Waals surface area (Å²) in [5, 5.41) is 13.6. The molecule has 28 heavy (non-hydrogen) atoms.